The van der Waals surface area contributed by atoms with Crippen LogP contribution >= 0.6 is 0 Å². The Morgan fingerprint density at radius 2 is 1.70 bits per heavy atom. The number of carboxylic acid groups (broad SMARTS) is 1. The molecule has 0 amide bonds. The van der Waals surface area contributed by atoms with E-state index in [1.807, 2.05) is 19.9 Å². The zero-order valence-electron chi connectivity index (χ0n) is 18.9. The van der Waals surface area contributed by atoms with Crippen LogP contribution in [0.5, 0.6) is 17.2 Å². The first-order valence-corrected chi connectivity index (χ1v) is 11.2. The zero-order valence-corrected chi connectivity index (χ0v) is 18.9. The molecular formula is C24H29N3O6. The first-order chi connectivity index (χ1) is 16.0. The Labute approximate surface area is 191 Å². The number of rotatable bonds is 8. The standard InChI is InChI=1S/C24H29N3O6/c1-3-31-19-11-16(12-20(13-19)32-4-2)15-26-9-7-17(8-10-26)27-22-6-5-18(33-24(29)30)14-21(22)25-23(27)28/h5-6,11-14,17H,3-4,7-10,15H2,1-2H3,(H,25,28)(H,29,30). The summed E-state index contributed by atoms with van der Waals surface area (Å²) in [5.74, 6) is 1.80. The first kappa shape index (κ1) is 22.7. The summed E-state index contributed by atoms with van der Waals surface area (Å²) in [6.07, 6.45) is 0.289. The highest BCUT2D eigenvalue weighted by Gasteiger charge is 2.24. The van der Waals surface area contributed by atoms with Crippen LogP contribution in [0.1, 0.15) is 38.3 Å². The van der Waals surface area contributed by atoms with Gasteiger partial charge in [-0.3, -0.25) is 9.47 Å². The molecule has 0 aliphatic carbocycles. The van der Waals surface area contributed by atoms with Crippen molar-refractivity contribution in [3.05, 3.63) is 52.4 Å². The number of imidazole rings is 1. The number of fused-ring (bicyclic) bond motifs is 1. The van der Waals surface area contributed by atoms with Crippen LogP contribution in [-0.4, -0.2) is 52.0 Å². The van der Waals surface area contributed by atoms with Crippen molar-refractivity contribution >= 4 is 17.2 Å². The summed E-state index contributed by atoms with van der Waals surface area (Å²) >= 11 is 0. The Morgan fingerprint density at radius 3 is 2.30 bits per heavy atom. The monoisotopic (exact) mass is 455 g/mol. The quantitative estimate of drug-likeness (QED) is 0.390. The highest BCUT2D eigenvalue weighted by molar-refractivity contribution is 5.78. The maximum Gasteiger partial charge on any atom is 0.511 e. The average Bonchev–Trinajstić information content (AvgIpc) is 3.09. The molecule has 2 heterocycles. The van der Waals surface area contributed by atoms with E-state index in [1.165, 1.54) is 6.07 Å². The second kappa shape index (κ2) is 9.99. The van der Waals surface area contributed by atoms with Gasteiger partial charge in [-0.2, -0.15) is 0 Å². The third kappa shape index (κ3) is 5.31. The van der Waals surface area contributed by atoms with Crippen molar-refractivity contribution in [3.63, 3.8) is 0 Å². The molecule has 1 saturated heterocycles. The molecular weight excluding hydrogens is 426 g/mol. The number of nitrogens with one attached hydrogen (secondary N) is 1. The van der Waals surface area contributed by atoms with Gasteiger partial charge in [0.25, 0.3) is 0 Å². The van der Waals surface area contributed by atoms with Crippen molar-refractivity contribution < 1.29 is 24.1 Å². The van der Waals surface area contributed by atoms with Gasteiger partial charge in [0.15, 0.2) is 0 Å². The zero-order chi connectivity index (χ0) is 23.4. The Bertz CT molecular complexity index is 1150. The second-order valence-corrected chi connectivity index (χ2v) is 8.03. The van der Waals surface area contributed by atoms with Crippen LogP contribution in [-0.2, 0) is 6.54 Å². The van der Waals surface area contributed by atoms with Crippen molar-refractivity contribution in [2.75, 3.05) is 26.3 Å². The van der Waals surface area contributed by atoms with E-state index < -0.39 is 6.16 Å². The van der Waals surface area contributed by atoms with Gasteiger partial charge in [0.2, 0.25) is 0 Å². The van der Waals surface area contributed by atoms with E-state index >= 15 is 0 Å². The summed E-state index contributed by atoms with van der Waals surface area (Å²) < 4.78 is 17.9. The van der Waals surface area contributed by atoms with Gasteiger partial charge in [-0.05, 0) is 56.5 Å². The fourth-order valence-corrected chi connectivity index (χ4v) is 4.45. The third-order valence-corrected chi connectivity index (χ3v) is 5.78. The molecule has 33 heavy (non-hydrogen) atoms. The predicted octanol–water partition coefficient (Wildman–Crippen LogP) is 4.02. The third-order valence-electron chi connectivity index (χ3n) is 5.78. The van der Waals surface area contributed by atoms with E-state index in [0.29, 0.717) is 18.7 Å². The van der Waals surface area contributed by atoms with Crippen molar-refractivity contribution in [2.45, 2.75) is 39.3 Å². The fraction of sp³-hybridized carbons (Fsp3) is 0.417. The van der Waals surface area contributed by atoms with Crippen LogP contribution in [0.25, 0.3) is 11.0 Å². The van der Waals surface area contributed by atoms with Gasteiger partial charge in [0.1, 0.15) is 17.2 Å². The summed E-state index contributed by atoms with van der Waals surface area (Å²) in [7, 11) is 0. The molecule has 0 atom stereocenters. The first-order valence-electron chi connectivity index (χ1n) is 11.2. The summed E-state index contributed by atoms with van der Waals surface area (Å²) in [5, 5.41) is 8.80. The number of aromatic nitrogens is 2. The lowest BCUT2D eigenvalue weighted by molar-refractivity contribution is 0.144. The summed E-state index contributed by atoms with van der Waals surface area (Å²) in [5.41, 5.74) is 2.26. The molecule has 1 aromatic heterocycles. The second-order valence-electron chi connectivity index (χ2n) is 8.03. The van der Waals surface area contributed by atoms with Crippen molar-refractivity contribution in [2.24, 2.45) is 0 Å². The molecule has 176 valence electrons. The normalized spacial score (nSPS) is 15.0. The molecule has 1 aliphatic rings. The van der Waals surface area contributed by atoms with Crippen LogP contribution in [0.2, 0.25) is 0 Å². The number of nitrogens with zero attached hydrogens (tertiary/aromatic N) is 2. The number of hydrogen-bond acceptors (Lipinski definition) is 6. The molecule has 2 aromatic carbocycles. The Kier molecular flexibility index (Phi) is 6.88. The van der Waals surface area contributed by atoms with Gasteiger partial charge < -0.3 is 24.3 Å². The number of benzene rings is 2. The maximum atomic E-state index is 12.7. The van der Waals surface area contributed by atoms with Gasteiger partial charge in [-0.25, -0.2) is 9.59 Å². The molecule has 0 bridgehead atoms. The molecule has 0 spiro atoms. The van der Waals surface area contributed by atoms with Gasteiger partial charge in [-0.15, -0.1) is 0 Å². The largest absolute Gasteiger partial charge is 0.511 e. The van der Waals surface area contributed by atoms with Crippen LogP contribution in [0, 0.1) is 0 Å². The van der Waals surface area contributed by atoms with E-state index in [-0.39, 0.29) is 17.5 Å². The molecule has 0 saturated carbocycles. The Morgan fingerprint density at radius 1 is 1.03 bits per heavy atom. The maximum absolute atomic E-state index is 12.7. The molecule has 0 unspecified atom stereocenters. The number of carbonyl (C=O) groups is 1. The van der Waals surface area contributed by atoms with Crippen LogP contribution in [0.3, 0.4) is 0 Å². The lowest BCUT2D eigenvalue weighted by Crippen LogP contribution is -2.36. The number of H-pyrrole nitrogens is 1. The SMILES string of the molecule is CCOc1cc(CN2CCC(n3c(=O)[nH]c4cc(OC(=O)O)ccc43)CC2)cc(OCC)c1. The highest BCUT2D eigenvalue weighted by atomic mass is 16.7. The molecule has 1 fully saturated rings. The van der Waals surface area contributed by atoms with Crippen molar-refractivity contribution in [3.8, 4) is 17.2 Å². The molecule has 3 aromatic rings. The predicted molar refractivity (Wildman–Crippen MR) is 124 cm³/mol. The van der Waals surface area contributed by atoms with Gasteiger partial charge >= 0.3 is 11.8 Å². The van der Waals surface area contributed by atoms with E-state index in [1.54, 1.807) is 16.7 Å². The topological polar surface area (TPSA) is 106 Å². The van der Waals surface area contributed by atoms with E-state index in [0.717, 1.165) is 55.1 Å². The van der Waals surface area contributed by atoms with E-state index in [2.05, 4.69) is 22.0 Å². The highest BCUT2D eigenvalue weighted by Crippen LogP contribution is 2.29. The molecule has 2 N–H and O–H groups in total. The van der Waals surface area contributed by atoms with E-state index in [9.17, 15) is 9.59 Å². The number of likely N-dealkylation sites (tertiary alicyclic amines) is 1. The fourth-order valence-electron chi connectivity index (χ4n) is 4.45. The summed E-state index contributed by atoms with van der Waals surface area (Å²) in [6, 6.07) is 10.9. The van der Waals surface area contributed by atoms with Crippen LogP contribution in [0.15, 0.2) is 41.2 Å². The molecule has 9 nitrogen and oxygen atoms in total. The summed E-state index contributed by atoms with van der Waals surface area (Å²) in [4.78, 5) is 28.6. The Balaban J connectivity index is 1.45. The molecule has 4 rings (SSSR count). The van der Waals surface area contributed by atoms with Gasteiger partial charge in [-0.1, -0.05) is 0 Å². The van der Waals surface area contributed by atoms with Crippen LogP contribution in [0.4, 0.5) is 4.79 Å². The minimum absolute atomic E-state index is 0.0717. The number of aromatic amines is 1. The number of hydrogen-bond donors (Lipinski definition) is 2. The summed E-state index contributed by atoms with van der Waals surface area (Å²) in [6.45, 7) is 7.62. The lowest BCUT2D eigenvalue weighted by Gasteiger charge is -2.32. The smallest absolute Gasteiger partial charge is 0.494 e. The number of piperidine rings is 1. The Hall–Kier alpha value is -3.46. The van der Waals surface area contributed by atoms with Crippen molar-refractivity contribution in [1.82, 2.24) is 14.5 Å². The van der Waals surface area contributed by atoms with Crippen molar-refractivity contribution in [1.29, 1.82) is 0 Å². The lowest BCUT2D eigenvalue weighted by atomic mass is 10.0. The van der Waals surface area contributed by atoms with Gasteiger partial charge in [0, 0.05) is 37.8 Å². The minimum atomic E-state index is -1.39. The van der Waals surface area contributed by atoms with E-state index in [4.69, 9.17) is 19.3 Å². The molecule has 9 heteroatoms. The van der Waals surface area contributed by atoms with Gasteiger partial charge in [0.05, 0.1) is 24.2 Å². The van der Waals surface area contributed by atoms with Crippen LogP contribution < -0.4 is 19.9 Å². The number of ether oxygens (including phenoxy) is 3. The average molecular weight is 456 g/mol. The molecule has 1 aliphatic heterocycles. The minimum Gasteiger partial charge on any atom is -0.494 e. The molecule has 0 radical (unpaired) electrons.